The molecule has 2 aromatic heterocycles. The van der Waals surface area contributed by atoms with Gasteiger partial charge in [0.25, 0.3) is 10.0 Å². The van der Waals surface area contributed by atoms with Crippen molar-refractivity contribution in [2.75, 3.05) is 12.4 Å². The predicted molar refractivity (Wildman–Crippen MR) is 110 cm³/mol. The third-order valence-corrected chi connectivity index (χ3v) is 6.16. The van der Waals surface area contributed by atoms with Crippen LogP contribution in [0.15, 0.2) is 45.9 Å². The zero-order chi connectivity index (χ0) is 20.3. The second-order valence-corrected chi connectivity index (χ2v) is 8.57. The van der Waals surface area contributed by atoms with Crippen LogP contribution < -0.4 is 14.8 Å². The van der Waals surface area contributed by atoms with Crippen LogP contribution in [0.25, 0.3) is 10.6 Å². The van der Waals surface area contributed by atoms with Crippen LogP contribution in [0.1, 0.15) is 21.0 Å². The van der Waals surface area contributed by atoms with Gasteiger partial charge in [-0.25, -0.2) is 18.1 Å². The molecule has 0 aliphatic rings. The topological polar surface area (TPSA) is 111 Å². The molecule has 0 saturated carbocycles. The fourth-order valence-corrected chi connectivity index (χ4v) is 4.42. The van der Waals surface area contributed by atoms with Crippen molar-refractivity contribution < 1.29 is 25.2 Å². The van der Waals surface area contributed by atoms with E-state index in [0.29, 0.717) is 32.8 Å². The highest BCUT2D eigenvalue weighted by Crippen LogP contribution is 2.34. The van der Waals surface area contributed by atoms with Crippen LogP contribution in [0.3, 0.4) is 0 Å². The largest absolute Gasteiger partial charge is 0.496 e. The number of anilines is 1. The van der Waals surface area contributed by atoms with E-state index in [1.54, 1.807) is 31.2 Å². The molecule has 0 radical (unpaired) electrons. The van der Waals surface area contributed by atoms with Gasteiger partial charge in [0.2, 0.25) is 11.0 Å². The molecule has 0 fully saturated rings. The van der Waals surface area contributed by atoms with E-state index in [1.807, 2.05) is 6.07 Å². The highest BCUT2D eigenvalue weighted by atomic mass is 32.2. The Bertz CT molecular complexity index is 1110. The number of rotatable bonds is 7. The number of ether oxygens (including phenoxy) is 1. The highest BCUT2D eigenvalue weighted by Gasteiger charge is 2.21. The minimum atomic E-state index is -3.85. The van der Waals surface area contributed by atoms with Crippen molar-refractivity contribution >= 4 is 32.4 Å². The van der Waals surface area contributed by atoms with Gasteiger partial charge in [0.1, 0.15) is 11.5 Å². The van der Waals surface area contributed by atoms with Crippen LogP contribution in [-0.4, -0.2) is 26.4 Å². The zero-order valence-electron chi connectivity index (χ0n) is 15.5. The Balaban J connectivity index is 0.00000225. The Hall–Kier alpha value is -2.69. The Morgan fingerprint density at radius 2 is 2.04 bits per heavy atom. The summed E-state index contributed by atoms with van der Waals surface area (Å²) in [6.07, 6.45) is 0. The number of hydrogen-bond donors (Lipinski definition) is 2. The van der Waals surface area contributed by atoms with Crippen LogP contribution in [-0.2, 0) is 21.4 Å². The first-order valence-corrected chi connectivity index (χ1v) is 10.6. The number of benzene rings is 1. The number of nitrogens with one attached hydrogen (secondary N) is 2. The smallest absolute Gasteiger partial charge is 0.274 e. The van der Waals surface area contributed by atoms with Crippen molar-refractivity contribution in [3.8, 4) is 16.4 Å². The number of nitrogens with zero attached hydrogens (tertiary/aromatic N) is 1. The molecule has 152 valence electrons. The average Bonchev–Trinajstić information content (AvgIpc) is 3.27. The van der Waals surface area contributed by atoms with E-state index >= 15 is 0 Å². The maximum Gasteiger partial charge on any atom is 0.274 e. The number of thiazole rings is 1. The number of para-hydroxylation sites is 1. The van der Waals surface area contributed by atoms with Crippen LogP contribution in [0.2, 0.25) is 0 Å². The third-order valence-electron chi connectivity index (χ3n) is 3.79. The van der Waals surface area contributed by atoms with Gasteiger partial charge in [0.15, 0.2) is 5.13 Å². The summed E-state index contributed by atoms with van der Waals surface area (Å²) in [4.78, 5) is 16.1. The molecule has 0 spiro atoms. The molecule has 0 atom stereocenters. The van der Waals surface area contributed by atoms with Crippen molar-refractivity contribution in [1.29, 1.82) is 0 Å². The highest BCUT2D eigenvalue weighted by molar-refractivity contribution is 7.89. The van der Waals surface area contributed by atoms with Crippen molar-refractivity contribution in [1.82, 2.24) is 9.71 Å². The number of furan rings is 1. The molecule has 0 bridgehead atoms. The molecule has 8 nitrogen and oxygen atoms in total. The number of sulfonamides is 1. The second-order valence-electron chi connectivity index (χ2n) is 5.87. The first-order chi connectivity index (χ1) is 13.3. The maximum absolute atomic E-state index is 12.6. The van der Waals surface area contributed by atoms with E-state index in [1.165, 1.54) is 31.4 Å². The molecule has 2 N–H and O–H groups in total. The number of carbonyl (C=O) groups is 1. The van der Waals surface area contributed by atoms with Crippen LogP contribution in [0.5, 0.6) is 5.75 Å². The number of methoxy groups -OCH3 is 1. The molecule has 2 heterocycles. The van der Waals surface area contributed by atoms with Gasteiger partial charge in [-0.2, -0.15) is 0 Å². The van der Waals surface area contributed by atoms with E-state index in [-0.39, 0.29) is 20.4 Å². The molecule has 28 heavy (non-hydrogen) atoms. The second kappa shape index (κ2) is 8.13. The van der Waals surface area contributed by atoms with Crippen molar-refractivity contribution in [2.45, 2.75) is 25.5 Å². The van der Waals surface area contributed by atoms with Crippen molar-refractivity contribution in [3.63, 3.8) is 0 Å². The van der Waals surface area contributed by atoms with Crippen LogP contribution in [0.4, 0.5) is 5.13 Å². The Labute approximate surface area is 169 Å². The molecule has 0 unspecified atom stereocenters. The number of aromatic nitrogens is 1. The minimum Gasteiger partial charge on any atom is -0.496 e. The molecule has 10 heteroatoms. The summed E-state index contributed by atoms with van der Waals surface area (Å²) in [5, 5.41) is 2.83. The lowest BCUT2D eigenvalue weighted by Crippen LogP contribution is -2.23. The lowest BCUT2D eigenvalue weighted by Gasteiger charge is -2.08. The van der Waals surface area contributed by atoms with E-state index in [0.717, 1.165) is 0 Å². The normalized spacial score (nSPS) is 11.4. The summed E-state index contributed by atoms with van der Waals surface area (Å²) in [7, 11) is -2.33. The van der Waals surface area contributed by atoms with Crippen molar-refractivity contribution in [3.05, 3.63) is 47.7 Å². The van der Waals surface area contributed by atoms with Crippen LogP contribution in [0, 0.1) is 6.92 Å². The fraction of sp³-hybridized carbons (Fsp3) is 0.222. The predicted octanol–water partition coefficient (Wildman–Crippen LogP) is 3.65. The van der Waals surface area contributed by atoms with Gasteiger partial charge >= 0.3 is 0 Å². The monoisotopic (exact) mass is 425 g/mol. The van der Waals surface area contributed by atoms with E-state index in [4.69, 9.17) is 9.15 Å². The molecular weight excluding hydrogens is 402 g/mol. The van der Waals surface area contributed by atoms with Gasteiger partial charge in [-0.15, -0.1) is 0 Å². The molecule has 3 rings (SSSR count). The minimum absolute atomic E-state index is 0. The maximum atomic E-state index is 12.6. The van der Waals surface area contributed by atoms with E-state index in [2.05, 4.69) is 15.0 Å². The van der Waals surface area contributed by atoms with Gasteiger partial charge in [-0.05, 0) is 25.1 Å². The quantitative estimate of drug-likeness (QED) is 0.598. The summed E-state index contributed by atoms with van der Waals surface area (Å²) < 4.78 is 38.4. The average molecular weight is 426 g/mol. The number of hydrogen-bond acceptors (Lipinski definition) is 7. The van der Waals surface area contributed by atoms with Gasteiger partial charge in [0.05, 0.1) is 17.7 Å². The fourth-order valence-electron chi connectivity index (χ4n) is 2.51. The first kappa shape index (κ1) is 20.1. The van der Waals surface area contributed by atoms with Gasteiger partial charge in [0, 0.05) is 21.9 Å². The van der Waals surface area contributed by atoms with E-state index in [9.17, 15) is 13.2 Å². The Kier molecular flexibility index (Phi) is 5.82. The standard InChI is InChI=1S/C18H19N3O5S2.2H2/c1-11-17(27-18(20-11)21-12(2)22)15-8-9-16(26-15)28(23,24)19-10-13-6-4-5-7-14(13)25-3;;/h4-9,19H,10H2,1-3H3,(H,20,21,22);2*1H. The third kappa shape index (κ3) is 4.41. The molecule has 0 aliphatic heterocycles. The number of carbonyl (C=O) groups excluding carboxylic acids is 1. The summed E-state index contributed by atoms with van der Waals surface area (Å²) in [6.45, 7) is 3.21. The Morgan fingerprint density at radius 3 is 2.75 bits per heavy atom. The molecular formula is C18H23N3O5S2. The molecule has 0 aliphatic carbocycles. The summed E-state index contributed by atoms with van der Waals surface area (Å²) >= 11 is 1.21. The molecule has 0 saturated heterocycles. The lowest BCUT2D eigenvalue weighted by atomic mass is 10.2. The molecule has 1 amide bonds. The number of aryl methyl sites for hydroxylation is 1. The summed E-state index contributed by atoms with van der Waals surface area (Å²) in [5.74, 6) is 0.726. The van der Waals surface area contributed by atoms with Crippen LogP contribution >= 0.6 is 11.3 Å². The van der Waals surface area contributed by atoms with Crippen molar-refractivity contribution in [2.24, 2.45) is 0 Å². The van der Waals surface area contributed by atoms with E-state index < -0.39 is 10.0 Å². The van der Waals surface area contributed by atoms with Gasteiger partial charge in [-0.1, -0.05) is 29.5 Å². The summed E-state index contributed by atoms with van der Waals surface area (Å²) in [6, 6.07) is 10.1. The van der Waals surface area contributed by atoms with Gasteiger partial charge in [-0.3, -0.25) is 4.79 Å². The SMILES string of the molecule is COc1ccccc1CNS(=O)(=O)c1ccc(-c2sc(NC(C)=O)nc2C)o1.[HH].[HH]. The number of amides is 1. The first-order valence-electron chi connectivity index (χ1n) is 8.27. The van der Waals surface area contributed by atoms with Gasteiger partial charge < -0.3 is 14.5 Å². The zero-order valence-corrected chi connectivity index (χ0v) is 17.1. The lowest BCUT2D eigenvalue weighted by molar-refractivity contribution is -0.114. The Morgan fingerprint density at radius 1 is 1.29 bits per heavy atom. The summed E-state index contributed by atoms with van der Waals surface area (Å²) in [5.41, 5.74) is 1.34. The molecule has 1 aromatic carbocycles. The molecule has 3 aromatic rings.